The van der Waals surface area contributed by atoms with E-state index in [1.54, 1.807) is 39.2 Å². The first-order valence-corrected chi connectivity index (χ1v) is 12.7. The van der Waals surface area contributed by atoms with Crippen LogP contribution in [-0.4, -0.2) is 38.5 Å². The third-order valence-corrected chi connectivity index (χ3v) is 7.28. The summed E-state index contributed by atoms with van der Waals surface area (Å²) in [6.07, 6.45) is 1.72. The van der Waals surface area contributed by atoms with Crippen LogP contribution >= 0.6 is 22.9 Å². The molecule has 8 nitrogen and oxygen atoms in total. The minimum Gasteiger partial charge on any atom is -0.496 e. The van der Waals surface area contributed by atoms with Gasteiger partial charge in [0.15, 0.2) is 16.3 Å². The number of carbonyl (C=O) groups excluding carboxylic acids is 1. The van der Waals surface area contributed by atoms with Gasteiger partial charge >= 0.3 is 5.97 Å². The van der Waals surface area contributed by atoms with E-state index < -0.39 is 12.0 Å². The highest BCUT2D eigenvalue weighted by Crippen LogP contribution is 2.36. The van der Waals surface area contributed by atoms with Crippen LogP contribution in [0.25, 0.3) is 6.08 Å². The minimum atomic E-state index is -0.735. The maximum absolute atomic E-state index is 13.8. The Balaban J connectivity index is 1.97. The number of thiazole rings is 1. The van der Waals surface area contributed by atoms with Gasteiger partial charge in [-0.15, -0.1) is 0 Å². The second-order valence-electron chi connectivity index (χ2n) is 8.27. The van der Waals surface area contributed by atoms with Crippen molar-refractivity contribution < 1.29 is 23.7 Å². The topological polar surface area (TPSA) is 88.4 Å². The van der Waals surface area contributed by atoms with Crippen LogP contribution in [0.1, 0.15) is 36.6 Å². The molecule has 0 radical (unpaired) electrons. The average molecular weight is 543 g/mol. The minimum absolute atomic E-state index is 0.198. The molecule has 0 N–H and O–H groups in total. The molecule has 2 heterocycles. The molecule has 0 bridgehead atoms. The maximum atomic E-state index is 13.8. The van der Waals surface area contributed by atoms with Gasteiger partial charge in [-0.25, -0.2) is 9.79 Å². The summed E-state index contributed by atoms with van der Waals surface area (Å²) >= 11 is 7.60. The predicted molar refractivity (Wildman–Crippen MR) is 143 cm³/mol. The number of fused-ring (bicyclic) bond motifs is 1. The molecule has 1 aliphatic heterocycles. The maximum Gasteiger partial charge on any atom is 0.338 e. The van der Waals surface area contributed by atoms with Crippen molar-refractivity contribution in [2.45, 2.75) is 26.8 Å². The van der Waals surface area contributed by atoms with E-state index in [-0.39, 0.29) is 12.2 Å². The molecule has 0 fully saturated rings. The van der Waals surface area contributed by atoms with E-state index in [0.717, 1.165) is 5.56 Å². The van der Waals surface area contributed by atoms with Crippen LogP contribution in [0.4, 0.5) is 0 Å². The van der Waals surface area contributed by atoms with Gasteiger partial charge in [0.25, 0.3) is 5.56 Å². The number of hydrogen-bond donors (Lipinski definition) is 0. The zero-order valence-electron chi connectivity index (χ0n) is 21.4. The van der Waals surface area contributed by atoms with Gasteiger partial charge in [0.1, 0.15) is 5.75 Å². The number of aryl methyl sites for hydroxylation is 1. The van der Waals surface area contributed by atoms with Crippen molar-refractivity contribution in [3.8, 4) is 17.2 Å². The lowest BCUT2D eigenvalue weighted by atomic mass is 9.95. The van der Waals surface area contributed by atoms with Gasteiger partial charge in [0.2, 0.25) is 0 Å². The van der Waals surface area contributed by atoms with E-state index in [1.807, 2.05) is 25.1 Å². The molecule has 0 saturated carbocycles. The van der Waals surface area contributed by atoms with Crippen molar-refractivity contribution in [2.24, 2.45) is 4.99 Å². The number of benzene rings is 2. The van der Waals surface area contributed by atoms with E-state index in [4.69, 9.17) is 30.5 Å². The summed E-state index contributed by atoms with van der Waals surface area (Å²) in [7, 11) is 4.60. The monoisotopic (exact) mass is 542 g/mol. The second kappa shape index (κ2) is 10.8. The molecule has 0 aliphatic carbocycles. The molecule has 10 heteroatoms. The summed E-state index contributed by atoms with van der Waals surface area (Å²) in [5.74, 6) is 0.983. The number of ether oxygens (including phenoxy) is 4. The number of aromatic nitrogens is 1. The Morgan fingerprint density at radius 1 is 1.11 bits per heavy atom. The van der Waals surface area contributed by atoms with Gasteiger partial charge in [-0.2, -0.15) is 0 Å². The Hall–Kier alpha value is -3.56. The second-order valence-corrected chi connectivity index (χ2v) is 9.69. The summed E-state index contributed by atoms with van der Waals surface area (Å²) in [5.41, 5.74) is 2.80. The van der Waals surface area contributed by atoms with E-state index in [9.17, 15) is 9.59 Å². The lowest BCUT2D eigenvalue weighted by molar-refractivity contribution is -0.139. The molecule has 4 rings (SSSR count). The number of halogens is 1. The Kier molecular flexibility index (Phi) is 7.75. The normalized spacial score (nSPS) is 15.2. The van der Waals surface area contributed by atoms with Crippen molar-refractivity contribution in [2.75, 3.05) is 27.9 Å². The number of carbonyl (C=O) groups is 1. The third kappa shape index (κ3) is 4.89. The number of esters is 1. The Labute approximate surface area is 223 Å². The van der Waals surface area contributed by atoms with Crippen LogP contribution in [-0.2, 0) is 9.53 Å². The van der Waals surface area contributed by atoms with Crippen molar-refractivity contribution in [3.63, 3.8) is 0 Å². The van der Waals surface area contributed by atoms with Crippen LogP contribution in [0, 0.1) is 6.92 Å². The number of hydrogen-bond acceptors (Lipinski definition) is 8. The van der Waals surface area contributed by atoms with Crippen LogP contribution in [0.5, 0.6) is 17.2 Å². The lowest BCUT2D eigenvalue weighted by Crippen LogP contribution is -2.40. The molecule has 1 unspecified atom stereocenters. The fraction of sp³-hybridized carbons (Fsp3) is 0.296. The zero-order chi connectivity index (χ0) is 26.9. The zero-order valence-corrected chi connectivity index (χ0v) is 23.0. The van der Waals surface area contributed by atoms with E-state index in [2.05, 4.69) is 4.99 Å². The summed E-state index contributed by atoms with van der Waals surface area (Å²) in [4.78, 5) is 32.0. The quantitative estimate of drug-likeness (QED) is 0.422. The van der Waals surface area contributed by atoms with Gasteiger partial charge in [0.05, 0.1) is 54.8 Å². The number of nitrogens with zero attached hydrogens (tertiary/aromatic N) is 2. The highest BCUT2D eigenvalue weighted by atomic mass is 35.5. The smallest absolute Gasteiger partial charge is 0.338 e. The predicted octanol–water partition coefficient (Wildman–Crippen LogP) is 3.79. The fourth-order valence-electron chi connectivity index (χ4n) is 4.29. The first-order valence-electron chi connectivity index (χ1n) is 11.5. The van der Waals surface area contributed by atoms with E-state index in [0.29, 0.717) is 54.0 Å². The first-order chi connectivity index (χ1) is 17.7. The number of allylic oxidation sites excluding steroid dienone is 1. The van der Waals surface area contributed by atoms with Crippen LogP contribution < -0.4 is 29.1 Å². The van der Waals surface area contributed by atoms with E-state index >= 15 is 0 Å². The molecule has 2 aromatic carbocycles. The van der Waals surface area contributed by atoms with Gasteiger partial charge in [0, 0.05) is 0 Å². The molecular weight excluding hydrogens is 516 g/mol. The van der Waals surface area contributed by atoms with Crippen molar-refractivity contribution in [1.82, 2.24) is 4.57 Å². The molecule has 0 saturated heterocycles. The molecule has 194 valence electrons. The van der Waals surface area contributed by atoms with Crippen LogP contribution in [0.3, 0.4) is 0 Å². The third-order valence-electron chi connectivity index (χ3n) is 6.02. The number of rotatable bonds is 7. The van der Waals surface area contributed by atoms with Gasteiger partial charge in [-0.05, 0) is 61.7 Å². The highest BCUT2D eigenvalue weighted by Gasteiger charge is 2.33. The first kappa shape index (κ1) is 26.5. The fourth-order valence-corrected chi connectivity index (χ4v) is 5.63. The SMILES string of the molecule is CCOC(=O)C1=C(C)N=c2sc(=Cc3cc(Cl)c(OC)c(OC)c3)c(=O)n2C1c1ccc(C)c(OC)c1. The Morgan fingerprint density at radius 2 is 1.84 bits per heavy atom. The lowest BCUT2D eigenvalue weighted by Gasteiger charge is -2.25. The molecule has 1 aliphatic rings. The molecule has 1 aromatic heterocycles. The average Bonchev–Trinajstić information content (AvgIpc) is 3.17. The summed E-state index contributed by atoms with van der Waals surface area (Å²) in [5, 5.41) is 0.353. The van der Waals surface area contributed by atoms with Crippen molar-refractivity contribution in [1.29, 1.82) is 0 Å². The summed E-state index contributed by atoms with van der Waals surface area (Å²) in [6, 6.07) is 8.31. The van der Waals surface area contributed by atoms with Gasteiger partial charge in [-0.3, -0.25) is 9.36 Å². The van der Waals surface area contributed by atoms with E-state index in [1.165, 1.54) is 30.1 Å². The number of methoxy groups -OCH3 is 3. The summed E-state index contributed by atoms with van der Waals surface area (Å²) < 4.78 is 23.5. The standard InChI is InChI=1S/C27H27ClN2O6S/c1-7-36-26(32)22-15(3)29-27-30(23(22)17-9-8-14(2)19(13-17)33-4)25(31)21(37-27)12-16-10-18(28)24(35-6)20(11-16)34-5/h8-13,23H,7H2,1-6H3. The molecule has 0 amide bonds. The van der Waals surface area contributed by atoms with Gasteiger partial charge in [-0.1, -0.05) is 35.1 Å². The Morgan fingerprint density at radius 3 is 2.49 bits per heavy atom. The molecule has 0 spiro atoms. The Bertz CT molecular complexity index is 1590. The van der Waals surface area contributed by atoms with Crippen LogP contribution in [0.15, 0.2) is 51.4 Å². The van der Waals surface area contributed by atoms with Crippen LogP contribution in [0.2, 0.25) is 5.02 Å². The molecule has 37 heavy (non-hydrogen) atoms. The largest absolute Gasteiger partial charge is 0.496 e. The molecular formula is C27H27ClN2O6S. The van der Waals surface area contributed by atoms with Crippen molar-refractivity contribution >= 4 is 35.0 Å². The van der Waals surface area contributed by atoms with Gasteiger partial charge < -0.3 is 18.9 Å². The van der Waals surface area contributed by atoms with Crippen molar-refractivity contribution in [3.05, 3.63) is 83.0 Å². The highest BCUT2D eigenvalue weighted by molar-refractivity contribution is 7.07. The summed E-state index contributed by atoms with van der Waals surface area (Å²) in [6.45, 7) is 5.61. The molecule has 1 atom stereocenters. The molecule has 3 aromatic rings.